The third-order valence-corrected chi connectivity index (χ3v) is 4.12. The predicted octanol–water partition coefficient (Wildman–Crippen LogP) is 2.09. The second-order valence-electron chi connectivity index (χ2n) is 5.67. The fraction of sp³-hybridized carbons (Fsp3) is 0.278. The first-order valence-electron chi connectivity index (χ1n) is 7.85. The minimum atomic E-state index is -0.434. The third kappa shape index (κ3) is 3.55. The van der Waals surface area contributed by atoms with E-state index in [1.165, 1.54) is 0 Å². The number of carbonyl (C=O) groups is 2. The van der Waals surface area contributed by atoms with Gasteiger partial charge in [0.15, 0.2) is 0 Å². The molecule has 1 N–H and O–H groups in total. The molecule has 1 saturated heterocycles. The number of methoxy groups -OCH3 is 2. The molecule has 130 valence electrons. The first kappa shape index (κ1) is 16.8. The monoisotopic (exact) mass is 341 g/mol. The molecule has 3 rings (SSSR count). The Morgan fingerprint density at radius 2 is 1.96 bits per heavy atom. The van der Waals surface area contributed by atoms with Gasteiger partial charge in [0.25, 0.3) is 0 Å². The van der Waals surface area contributed by atoms with Gasteiger partial charge in [-0.2, -0.15) is 0 Å². The van der Waals surface area contributed by atoms with Gasteiger partial charge in [0.1, 0.15) is 11.5 Å². The van der Waals surface area contributed by atoms with Gasteiger partial charge >= 0.3 is 0 Å². The van der Waals surface area contributed by atoms with Gasteiger partial charge in [0, 0.05) is 37.1 Å². The van der Waals surface area contributed by atoms with Crippen LogP contribution in [-0.2, 0) is 9.59 Å². The van der Waals surface area contributed by atoms with Crippen molar-refractivity contribution in [3.8, 4) is 11.5 Å². The van der Waals surface area contributed by atoms with Crippen LogP contribution in [0.3, 0.4) is 0 Å². The lowest BCUT2D eigenvalue weighted by Crippen LogP contribution is -2.28. The summed E-state index contributed by atoms with van der Waals surface area (Å²) in [4.78, 5) is 30.4. The number of nitrogens with zero attached hydrogens (tertiary/aromatic N) is 2. The van der Waals surface area contributed by atoms with Crippen LogP contribution in [0.2, 0.25) is 0 Å². The first-order valence-corrected chi connectivity index (χ1v) is 7.85. The zero-order valence-corrected chi connectivity index (χ0v) is 14.1. The third-order valence-electron chi connectivity index (χ3n) is 4.12. The summed E-state index contributed by atoms with van der Waals surface area (Å²) in [5, 5.41) is 2.81. The van der Waals surface area contributed by atoms with Crippen LogP contribution in [-0.4, -0.2) is 37.6 Å². The van der Waals surface area contributed by atoms with Gasteiger partial charge in [-0.1, -0.05) is 0 Å². The maximum Gasteiger partial charge on any atom is 0.229 e. The first-order chi connectivity index (χ1) is 12.1. The number of hydrogen-bond donors (Lipinski definition) is 1. The van der Waals surface area contributed by atoms with E-state index in [9.17, 15) is 9.59 Å². The topological polar surface area (TPSA) is 80.8 Å². The Balaban J connectivity index is 1.77. The number of pyridine rings is 1. The SMILES string of the molecule is COc1ccc(OC)c(N2CC(C(=O)Nc3ccncc3)CC2=O)c1. The maximum atomic E-state index is 12.4. The lowest BCUT2D eigenvalue weighted by Gasteiger charge is -2.20. The zero-order valence-electron chi connectivity index (χ0n) is 14.1. The predicted molar refractivity (Wildman–Crippen MR) is 92.9 cm³/mol. The summed E-state index contributed by atoms with van der Waals surface area (Å²) in [7, 11) is 3.10. The molecule has 1 aliphatic heterocycles. The van der Waals surface area contributed by atoms with Crippen molar-refractivity contribution in [2.24, 2.45) is 5.92 Å². The van der Waals surface area contributed by atoms with Crippen LogP contribution >= 0.6 is 0 Å². The highest BCUT2D eigenvalue weighted by molar-refractivity contribution is 6.04. The quantitative estimate of drug-likeness (QED) is 0.901. The second kappa shape index (κ2) is 7.21. The molecule has 1 aromatic heterocycles. The summed E-state index contributed by atoms with van der Waals surface area (Å²) in [5.74, 6) is 0.430. The number of ether oxygens (including phenoxy) is 2. The van der Waals surface area contributed by atoms with Crippen molar-refractivity contribution in [3.63, 3.8) is 0 Å². The van der Waals surface area contributed by atoms with Gasteiger partial charge in [-0.3, -0.25) is 14.6 Å². The number of benzene rings is 1. The number of hydrogen-bond acceptors (Lipinski definition) is 5. The average molecular weight is 341 g/mol. The molecule has 1 aliphatic rings. The van der Waals surface area contributed by atoms with Crippen LogP contribution < -0.4 is 19.7 Å². The summed E-state index contributed by atoms with van der Waals surface area (Å²) < 4.78 is 10.6. The Morgan fingerprint density at radius 1 is 1.20 bits per heavy atom. The number of amides is 2. The molecule has 0 spiro atoms. The summed E-state index contributed by atoms with van der Waals surface area (Å²) in [6, 6.07) is 8.65. The van der Waals surface area contributed by atoms with Crippen molar-refractivity contribution in [2.45, 2.75) is 6.42 Å². The standard InChI is InChI=1S/C18H19N3O4/c1-24-14-3-4-16(25-2)15(10-14)21-11-12(9-17(21)22)18(23)20-13-5-7-19-8-6-13/h3-8,10,12H,9,11H2,1-2H3,(H,19,20,23). The highest BCUT2D eigenvalue weighted by Crippen LogP contribution is 2.36. The Labute approximate surface area is 145 Å². The number of aromatic nitrogens is 1. The minimum absolute atomic E-state index is 0.124. The molecular formula is C18H19N3O4. The highest BCUT2D eigenvalue weighted by atomic mass is 16.5. The van der Waals surface area contributed by atoms with Gasteiger partial charge in [-0.15, -0.1) is 0 Å². The molecule has 0 bridgehead atoms. The van der Waals surface area contributed by atoms with E-state index in [-0.39, 0.29) is 18.2 Å². The molecule has 7 nitrogen and oxygen atoms in total. The lowest BCUT2D eigenvalue weighted by molar-refractivity contribution is -0.122. The van der Waals surface area contributed by atoms with Crippen LogP contribution in [0.4, 0.5) is 11.4 Å². The van der Waals surface area contributed by atoms with Crippen LogP contribution in [0.5, 0.6) is 11.5 Å². The van der Waals surface area contributed by atoms with E-state index in [0.717, 1.165) is 0 Å². The number of rotatable bonds is 5. The van der Waals surface area contributed by atoms with Crippen molar-refractivity contribution in [3.05, 3.63) is 42.7 Å². The van der Waals surface area contributed by atoms with Crippen molar-refractivity contribution >= 4 is 23.2 Å². The second-order valence-corrected chi connectivity index (χ2v) is 5.67. The van der Waals surface area contributed by atoms with Crippen molar-refractivity contribution in [2.75, 3.05) is 31.0 Å². The number of nitrogens with one attached hydrogen (secondary N) is 1. The minimum Gasteiger partial charge on any atom is -0.497 e. The molecule has 2 aromatic rings. The molecule has 1 unspecified atom stereocenters. The Bertz CT molecular complexity index is 779. The smallest absolute Gasteiger partial charge is 0.229 e. The van der Waals surface area contributed by atoms with E-state index in [4.69, 9.17) is 9.47 Å². The van der Waals surface area contributed by atoms with Gasteiger partial charge < -0.3 is 19.7 Å². The largest absolute Gasteiger partial charge is 0.497 e. The molecule has 1 aromatic carbocycles. The molecular weight excluding hydrogens is 322 g/mol. The Morgan fingerprint density at radius 3 is 2.64 bits per heavy atom. The van der Waals surface area contributed by atoms with E-state index in [1.54, 1.807) is 61.8 Å². The summed E-state index contributed by atoms with van der Waals surface area (Å²) >= 11 is 0. The van der Waals surface area contributed by atoms with Crippen molar-refractivity contribution in [1.82, 2.24) is 4.98 Å². The molecule has 2 heterocycles. The maximum absolute atomic E-state index is 12.4. The zero-order chi connectivity index (χ0) is 17.8. The number of carbonyl (C=O) groups excluding carboxylic acids is 2. The fourth-order valence-electron chi connectivity index (χ4n) is 2.80. The van der Waals surface area contributed by atoms with Crippen molar-refractivity contribution < 1.29 is 19.1 Å². The van der Waals surface area contributed by atoms with E-state index in [1.807, 2.05) is 0 Å². The highest BCUT2D eigenvalue weighted by Gasteiger charge is 2.36. The van der Waals surface area contributed by atoms with Crippen molar-refractivity contribution in [1.29, 1.82) is 0 Å². The molecule has 2 amide bonds. The van der Waals surface area contributed by atoms with Crippen LogP contribution in [0.25, 0.3) is 0 Å². The van der Waals surface area contributed by atoms with Gasteiger partial charge in [-0.25, -0.2) is 0 Å². The number of anilines is 2. The molecule has 0 aliphatic carbocycles. The van der Waals surface area contributed by atoms with Gasteiger partial charge in [-0.05, 0) is 24.3 Å². The molecule has 0 radical (unpaired) electrons. The van der Waals surface area contributed by atoms with Gasteiger partial charge in [0.2, 0.25) is 11.8 Å². The normalized spacial score (nSPS) is 16.6. The van der Waals surface area contributed by atoms with Crippen LogP contribution in [0, 0.1) is 5.92 Å². The van der Waals surface area contributed by atoms with Crippen LogP contribution in [0.15, 0.2) is 42.7 Å². The van der Waals surface area contributed by atoms with E-state index >= 15 is 0 Å². The fourth-order valence-corrected chi connectivity index (χ4v) is 2.80. The average Bonchev–Trinajstić information content (AvgIpc) is 3.03. The van der Waals surface area contributed by atoms with E-state index in [2.05, 4.69) is 10.3 Å². The Hall–Kier alpha value is -3.09. The molecule has 1 fully saturated rings. The lowest BCUT2D eigenvalue weighted by atomic mass is 10.1. The summed E-state index contributed by atoms with van der Waals surface area (Å²) in [6.07, 6.45) is 3.35. The molecule has 25 heavy (non-hydrogen) atoms. The van der Waals surface area contributed by atoms with Gasteiger partial charge in [0.05, 0.1) is 25.8 Å². The molecule has 1 atom stereocenters. The van der Waals surface area contributed by atoms with E-state index < -0.39 is 5.92 Å². The van der Waals surface area contributed by atoms with Crippen LogP contribution in [0.1, 0.15) is 6.42 Å². The Kier molecular flexibility index (Phi) is 4.83. The summed E-state index contributed by atoms with van der Waals surface area (Å²) in [5.41, 5.74) is 1.26. The molecule has 0 saturated carbocycles. The summed E-state index contributed by atoms with van der Waals surface area (Å²) in [6.45, 7) is 0.291. The van der Waals surface area contributed by atoms with E-state index in [0.29, 0.717) is 29.4 Å². The molecule has 7 heteroatoms.